The molecule has 0 aliphatic heterocycles. The van der Waals surface area contributed by atoms with Crippen LogP contribution >= 0.6 is 0 Å². The van der Waals surface area contributed by atoms with Crippen LogP contribution in [0.5, 0.6) is 0 Å². The van der Waals surface area contributed by atoms with E-state index in [1.165, 1.54) is 6.92 Å². The first kappa shape index (κ1) is 15.1. The van der Waals surface area contributed by atoms with Crippen molar-refractivity contribution in [3.05, 3.63) is 29.3 Å². The molecule has 20 heavy (non-hydrogen) atoms. The number of rotatable bonds is 2. The lowest BCUT2D eigenvalue weighted by Crippen LogP contribution is -2.33. The summed E-state index contributed by atoms with van der Waals surface area (Å²) in [6, 6.07) is 1.89. The average Bonchev–Trinajstić information content (AvgIpc) is 2.35. The number of benzene rings is 1. The third-order valence-electron chi connectivity index (χ3n) is 3.80. The zero-order chi connectivity index (χ0) is 14.9. The molecule has 112 valence electrons. The van der Waals surface area contributed by atoms with Gasteiger partial charge in [-0.25, -0.2) is 8.78 Å². The van der Waals surface area contributed by atoms with Crippen LogP contribution in [0.15, 0.2) is 12.1 Å². The lowest BCUT2D eigenvalue weighted by molar-refractivity contribution is -0.182. The number of nitrogens with one attached hydrogen (secondary N) is 1. The normalized spacial score (nSPS) is 23.7. The molecule has 0 saturated heterocycles. The first-order valence-electron chi connectivity index (χ1n) is 6.56. The van der Waals surface area contributed by atoms with Crippen LogP contribution in [0.4, 0.5) is 27.6 Å². The highest BCUT2D eigenvalue weighted by Crippen LogP contribution is 2.38. The molecule has 6 heteroatoms. The maximum Gasteiger partial charge on any atom is 0.391 e. The van der Waals surface area contributed by atoms with Gasteiger partial charge < -0.3 is 5.32 Å². The van der Waals surface area contributed by atoms with Gasteiger partial charge in [-0.05, 0) is 44.2 Å². The number of alkyl halides is 3. The Morgan fingerprint density at radius 3 is 2.15 bits per heavy atom. The molecule has 1 aliphatic carbocycles. The number of anilines is 1. The van der Waals surface area contributed by atoms with Gasteiger partial charge in [-0.3, -0.25) is 0 Å². The van der Waals surface area contributed by atoms with Gasteiger partial charge in [0.2, 0.25) is 0 Å². The van der Waals surface area contributed by atoms with Gasteiger partial charge in [0.05, 0.1) is 11.6 Å². The van der Waals surface area contributed by atoms with E-state index < -0.39 is 23.7 Å². The summed E-state index contributed by atoms with van der Waals surface area (Å²) in [5.74, 6) is -2.39. The van der Waals surface area contributed by atoms with Crippen molar-refractivity contribution in [3.8, 4) is 0 Å². The molecular weight excluding hydrogens is 277 g/mol. The molecule has 0 bridgehead atoms. The molecule has 1 fully saturated rings. The third-order valence-corrected chi connectivity index (χ3v) is 3.80. The van der Waals surface area contributed by atoms with E-state index in [1.54, 1.807) is 0 Å². The molecule has 0 atom stereocenters. The molecule has 0 heterocycles. The Hall–Kier alpha value is -1.33. The summed E-state index contributed by atoms with van der Waals surface area (Å²) in [4.78, 5) is 0. The fourth-order valence-electron chi connectivity index (χ4n) is 2.54. The average molecular weight is 293 g/mol. The van der Waals surface area contributed by atoms with Crippen LogP contribution in [0.3, 0.4) is 0 Å². The van der Waals surface area contributed by atoms with Crippen molar-refractivity contribution in [3.63, 3.8) is 0 Å². The zero-order valence-electron chi connectivity index (χ0n) is 11.0. The van der Waals surface area contributed by atoms with Crippen LogP contribution in [-0.2, 0) is 0 Å². The molecule has 1 aromatic rings. The molecule has 1 nitrogen and oxygen atoms in total. The van der Waals surface area contributed by atoms with Gasteiger partial charge >= 0.3 is 6.18 Å². The number of hydrogen-bond donors (Lipinski definition) is 1. The minimum Gasteiger partial charge on any atom is -0.380 e. The van der Waals surface area contributed by atoms with Crippen molar-refractivity contribution in [2.24, 2.45) is 5.92 Å². The molecule has 0 aromatic heterocycles. The van der Waals surface area contributed by atoms with Gasteiger partial charge in [-0.1, -0.05) is 0 Å². The molecule has 0 radical (unpaired) electrons. The van der Waals surface area contributed by atoms with Gasteiger partial charge in [0.25, 0.3) is 0 Å². The second-order valence-corrected chi connectivity index (χ2v) is 5.32. The summed E-state index contributed by atoms with van der Waals surface area (Å²) < 4.78 is 64.6. The fourth-order valence-corrected chi connectivity index (χ4v) is 2.54. The van der Waals surface area contributed by atoms with Crippen molar-refractivity contribution in [1.29, 1.82) is 0 Å². The Morgan fingerprint density at radius 2 is 1.60 bits per heavy atom. The zero-order valence-corrected chi connectivity index (χ0v) is 11.0. The van der Waals surface area contributed by atoms with E-state index in [-0.39, 0.29) is 30.1 Å². The molecule has 0 spiro atoms. The maximum atomic E-state index is 13.6. The van der Waals surface area contributed by atoms with Crippen molar-refractivity contribution >= 4 is 5.69 Å². The predicted octanol–water partition coefficient (Wildman–Crippen LogP) is 4.81. The van der Waals surface area contributed by atoms with E-state index in [0.29, 0.717) is 12.8 Å². The summed E-state index contributed by atoms with van der Waals surface area (Å²) in [5, 5.41) is 2.81. The van der Waals surface area contributed by atoms with E-state index in [0.717, 1.165) is 12.1 Å². The number of halogens is 5. The molecule has 1 aromatic carbocycles. The lowest BCUT2D eigenvalue weighted by atomic mass is 9.85. The quantitative estimate of drug-likeness (QED) is 0.772. The van der Waals surface area contributed by atoms with Crippen LogP contribution < -0.4 is 5.32 Å². The Bertz CT molecular complexity index is 475. The van der Waals surface area contributed by atoms with Crippen LogP contribution in [-0.4, -0.2) is 12.2 Å². The Balaban J connectivity index is 1.98. The highest BCUT2D eigenvalue weighted by Gasteiger charge is 2.41. The molecule has 2 rings (SSSR count). The second kappa shape index (κ2) is 5.58. The fraction of sp³-hybridized carbons (Fsp3) is 0.571. The number of hydrogen-bond acceptors (Lipinski definition) is 1. The Kier molecular flexibility index (Phi) is 4.20. The molecular formula is C14H16F5N. The number of aryl methyl sites for hydroxylation is 1. The third kappa shape index (κ3) is 3.41. The first-order valence-corrected chi connectivity index (χ1v) is 6.56. The first-order chi connectivity index (χ1) is 9.27. The predicted molar refractivity (Wildman–Crippen MR) is 66.5 cm³/mol. The van der Waals surface area contributed by atoms with Crippen molar-refractivity contribution in [2.75, 3.05) is 5.32 Å². The van der Waals surface area contributed by atoms with Gasteiger partial charge in [0, 0.05) is 12.1 Å². The molecule has 1 N–H and O–H groups in total. The summed E-state index contributed by atoms with van der Waals surface area (Å²) >= 11 is 0. The van der Waals surface area contributed by atoms with Crippen molar-refractivity contribution < 1.29 is 22.0 Å². The summed E-state index contributed by atoms with van der Waals surface area (Å²) in [7, 11) is 0. The molecule has 1 saturated carbocycles. The van der Waals surface area contributed by atoms with E-state index in [2.05, 4.69) is 5.32 Å². The van der Waals surface area contributed by atoms with E-state index in [9.17, 15) is 22.0 Å². The van der Waals surface area contributed by atoms with Gasteiger partial charge in [0.15, 0.2) is 0 Å². The summed E-state index contributed by atoms with van der Waals surface area (Å²) in [6.45, 7) is 1.46. The summed E-state index contributed by atoms with van der Waals surface area (Å²) in [5.41, 5.74) is 0.220. The van der Waals surface area contributed by atoms with Crippen LogP contribution in [0.2, 0.25) is 0 Å². The van der Waals surface area contributed by atoms with Crippen LogP contribution in [0, 0.1) is 24.5 Å². The minimum absolute atomic E-state index is 0.0172. The Labute approximate surface area is 114 Å². The highest BCUT2D eigenvalue weighted by atomic mass is 19.4. The van der Waals surface area contributed by atoms with Gasteiger partial charge in [-0.15, -0.1) is 0 Å². The molecule has 0 unspecified atom stereocenters. The largest absolute Gasteiger partial charge is 0.391 e. The highest BCUT2D eigenvalue weighted by molar-refractivity contribution is 5.47. The molecule has 0 amide bonds. The van der Waals surface area contributed by atoms with Crippen LogP contribution in [0.25, 0.3) is 0 Å². The standard InChI is InChI=1S/C14H16F5N/c1-8-6-12(16)13(7-11(8)15)20-10-4-2-9(3-5-10)14(17,18)19/h6-7,9-10,20H,2-5H2,1H3. The van der Waals surface area contributed by atoms with Crippen LogP contribution in [0.1, 0.15) is 31.2 Å². The van der Waals surface area contributed by atoms with Crippen molar-refractivity contribution in [2.45, 2.75) is 44.8 Å². The van der Waals surface area contributed by atoms with Gasteiger partial charge in [-0.2, -0.15) is 13.2 Å². The molecule has 1 aliphatic rings. The minimum atomic E-state index is -4.16. The SMILES string of the molecule is Cc1cc(F)c(NC2CCC(C(F)(F)F)CC2)cc1F. The smallest absolute Gasteiger partial charge is 0.380 e. The topological polar surface area (TPSA) is 12.0 Å². The second-order valence-electron chi connectivity index (χ2n) is 5.32. The Morgan fingerprint density at radius 1 is 1.00 bits per heavy atom. The maximum absolute atomic E-state index is 13.6. The van der Waals surface area contributed by atoms with E-state index in [1.807, 2.05) is 0 Å². The van der Waals surface area contributed by atoms with Crippen molar-refractivity contribution in [1.82, 2.24) is 0 Å². The van der Waals surface area contributed by atoms with Gasteiger partial charge in [0.1, 0.15) is 11.6 Å². The summed E-state index contributed by atoms with van der Waals surface area (Å²) in [6.07, 6.45) is -3.50. The lowest BCUT2D eigenvalue weighted by Gasteiger charge is -2.31. The van der Waals surface area contributed by atoms with E-state index in [4.69, 9.17) is 0 Å². The van der Waals surface area contributed by atoms with E-state index >= 15 is 0 Å². The monoisotopic (exact) mass is 293 g/mol.